The molecule has 1 aliphatic rings. The van der Waals surface area contributed by atoms with E-state index in [1.54, 1.807) is 19.0 Å². The van der Waals surface area contributed by atoms with Gasteiger partial charge in [0.05, 0.1) is 0 Å². The second-order valence-electron chi connectivity index (χ2n) is 4.88. The van der Waals surface area contributed by atoms with Crippen LogP contribution in [0, 0.1) is 0 Å². The van der Waals surface area contributed by atoms with Gasteiger partial charge in [0.25, 0.3) is 0 Å². The molecule has 0 saturated heterocycles. The number of carbonyl (C=O) groups is 1. The van der Waals surface area contributed by atoms with Crippen molar-refractivity contribution < 1.29 is 4.79 Å². The van der Waals surface area contributed by atoms with Gasteiger partial charge in [0, 0.05) is 26.2 Å². The zero-order valence-electron chi connectivity index (χ0n) is 10.3. The normalized spacial score (nSPS) is 19.3. The molecule has 4 nitrogen and oxygen atoms in total. The van der Waals surface area contributed by atoms with Crippen LogP contribution in [0.15, 0.2) is 0 Å². The predicted octanol–water partition coefficient (Wildman–Crippen LogP) is 1.13. The maximum atomic E-state index is 11.5. The van der Waals surface area contributed by atoms with E-state index in [0.717, 1.165) is 6.54 Å². The van der Waals surface area contributed by atoms with Crippen molar-refractivity contribution in [2.45, 2.75) is 31.2 Å². The summed E-state index contributed by atoms with van der Waals surface area (Å²) in [5.74, 6) is 0. The molecule has 1 aliphatic carbocycles. The lowest BCUT2D eigenvalue weighted by Gasteiger charge is -2.36. The van der Waals surface area contributed by atoms with Crippen LogP contribution in [0.2, 0.25) is 0 Å². The van der Waals surface area contributed by atoms with Crippen molar-refractivity contribution in [3.8, 4) is 0 Å². The SMILES string of the molecule is CN(C)C(=O)NCC1(N(C)C)CCCC1. The van der Waals surface area contributed by atoms with Crippen molar-refractivity contribution in [1.29, 1.82) is 0 Å². The first kappa shape index (κ1) is 12.3. The van der Waals surface area contributed by atoms with Crippen LogP contribution in [0.4, 0.5) is 4.79 Å². The number of carbonyl (C=O) groups excluding carboxylic acids is 1. The van der Waals surface area contributed by atoms with Gasteiger partial charge in [0.15, 0.2) is 0 Å². The summed E-state index contributed by atoms with van der Waals surface area (Å²) < 4.78 is 0. The third-order valence-corrected chi connectivity index (χ3v) is 3.46. The summed E-state index contributed by atoms with van der Waals surface area (Å²) in [7, 11) is 7.75. The van der Waals surface area contributed by atoms with E-state index in [2.05, 4.69) is 24.3 Å². The topological polar surface area (TPSA) is 35.6 Å². The standard InChI is InChI=1S/C11H23N3O/c1-13(2)10(15)12-9-11(14(3)4)7-5-6-8-11/h5-9H2,1-4H3,(H,12,15). The third kappa shape index (κ3) is 2.84. The molecule has 0 spiro atoms. The van der Waals surface area contributed by atoms with Gasteiger partial charge in [-0.25, -0.2) is 4.79 Å². The van der Waals surface area contributed by atoms with E-state index >= 15 is 0 Å². The molecule has 0 heterocycles. The molecular weight excluding hydrogens is 190 g/mol. The highest BCUT2D eigenvalue weighted by Crippen LogP contribution is 2.32. The average Bonchev–Trinajstić information content (AvgIpc) is 2.63. The maximum absolute atomic E-state index is 11.5. The van der Waals surface area contributed by atoms with Crippen LogP contribution in [0.25, 0.3) is 0 Å². The van der Waals surface area contributed by atoms with Gasteiger partial charge in [0.2, 0.25) is 0 Å². The second-order valence-corrected chi connectivity index (χ2v) is 4.88. The van der Waals surface area contributed by atoms with Gasteiger partial charge in [-0.1, -0.05) is 12.8 Å². The molecule has 0 bridgehead atoms. The number of nitrogens with one attached hydrogen (secondary N) is 1. The van der Waals surface area contributed by atoms with Gasteiger partial charge in [-0.15, -0.1) is 0 Å². The monoisotopic (exact) mass is 213 g/mol. The minimum absolute atomic E-state index is 0.00289. The Balaban J connectivity index is 2.50. The van der Waals surface area contributed by atoms with Crippen molar-refractivity contribution in [3.05, 3.63) is 0 Å². The zero-order chi connectivity index (χ0) is 11.5. The lowest BCUT2D eigenvalue weighted by Crippen LogP contribution is -2.52. The van der Waals surface area contributed by atoms with Crippen LogP contribution in [0.5, 0.6) is 0 Å². The van der Waals surface area contributed by atoms with Crippen molar-refractivity contribution in [2.24, 2.45) is 0 Å². The highest BCUT2D eigenvalue weighted by atomic mass is 16.2. The number of nitrogens with zero attached hydrogens (tertiary/aromatic N) is 2. The van der Waals surface area contributed by atoms with E-state index in [-0.39, 0.29) is 11.6 Å². The lowest BCUT2D eigenvalue weighted by atomic mass is 9.96. The highest BCUT2D eigenvalue weighted by Gasteiger charge is 2.36. The van der Waals surface area contributed by atoms with Crippen LogP contribution in [-0.2, 0) is 0 Å². The number of amides is 2. The molecule has 0 radical (unpaired) electrons. The van der Waals surface area contributed by atoms with Crippen LogP contribution in [0.3, 0.4) is 0 Å². The zero-order valence-corrected chi connectivity index (χ0v) is 10.3. The first-order valence-corrected chi connectivity index (χ1v) is 5.60. The Hall–Kier alpha value is -0.770. The molecule has 2 amide bonds. The Kier molecular flexibility index (Phi) is 3.97. The highest BCUT2D eigenvalue weighted by molar-refractivity contribution is 5.73. The van der Waals surface area contributed by atoms with Gasteiger partial charge < -0.3 is 15.1 Å². The van der Waals surface area contributed by atoms with Crippen molar-refractivity contribution in [2.75, 3.05) is 34.7 Å². The molecule has 0 aromatic heterocycles. The predicted molar refractivity (Wildman–Crippen MR) is 62.0 cm³/mol. The molecule has 1 N–H and O–H groups in total. The molecule has 0 atom stereocenters. The Labute approximate surface area is 92.6 Å². The number of hydrogen-bond donors (Lipinski definition) is 1. The van der Waals surface area contributed by atoms with Crippen molar-refractivity contribution >= 4 is 6.03 Å². The minimum atomic E-state index is 0.00289. The van der Waals surface area contributed by atoms with Crippen LogP contribution >= 0.6 is 0 Å². The molecule has 1 fully saturated rings. The van der Waals surface area contributed by atoms with E-state index in [1.807, 2.05) is 0 Å². The largest absolute Gasteiger partial charge is 0.336 e. The fourth-order valence-corrected chi connectivity index (χ4v) is 2.21. The number of rotatable bonds is 3. The van der Waals surface area contributed by atoms with E-state index in [9.17, 15) is 4.79 Å². The summed E-state index contributed by atoms with van der Waals surface area (Å²) >= 11 is 0. The summed E-state index contributed by atoms with van der Waals surface area (Å²) in [6.07, 6.45) is 4.92. The molecule has 15 heavy (non-hydrogen) atoms. The summed E-state index contributed by atoms with van der Waals surface area (Å²) in [4.78, 5) is 15.3. The summed E-state index contributed by atoms with van der Waals surface area (Å²) in [6.45, 7) is 0.761. The van der Waals surface area contributed by atoms with Crippen LogP contribution in [0.1, 0.15) is 25.7 Å². The Bertz CT molecular complexity index is 220. The minimum Gasteiger partial charge on any atom is -0.336 e. The molecule has 1 saturated carbocycles. The lowest BCUT2D eigenvalue weighted by molar-refractivity contribution is 0.150. The molecular formula is C11H23N3O. The van der Waals surface area contributed by atoms with E-state index in [1.165, 1.54) is 25.7 Å². The second kappa shape index (κ2) is 4.84. The van der Waals surface area contributed by atoms with E-state index < -0.39 is 0 Å². The fourth-order valence-electron chi connectivity index (χ4n) is 2.21. The Morgan fingerprint density at radius 2 is 1.73 bits per heavy atom. The number of urea groups is 1. The summed E-state index contributed by atoms with van der Waals surface area (Å²) in [6, 6.07) is 0.00289. The first-order valence-electron chi connectivity index (χ1n) is 5.60. The number of likely N-dealkylation sites (N-methyl/N-ethyl adjacent to an activating group) is 1. The average molecular weight is 213 g/mol. The smallest absolute Gasteiger partial charge is 0.316 e. The Morgan fingerprint density at radius 3 is 2.13 bits per heavy atom. The molecule has 0 unspecified atom stereocenters. The molecule has 1 rings (SSSR count). The first-order chi connectivity index (χ1) is 6.98. The molecule has 0 aliphatic heterocycles. The third-order valence-electron chi connectivity index (χ3n) is 3.46. The van der Waals surface area contributed by atoms with Crippen LogP contribution in [-0.4, -0.2) is 56.1 Å². The van der Waals surface area contributed by atoms with E-state index in [4.69, 9.17) is 0 Å². The van der Waals surface area contributed by atoms with E-state index in [0.29, 0.717) is 0 Å². The Morgan fingerprint density at radius 1 is 1.20 bits per heavy atom. The van der Waals surface area contributed by atoms with Gasteiger partial charge >= 0.3 is 6.03 Å². The van der Waals surface area contributed by atoms with Crippen molar-refractivity contribution in [1.82, 2.24) is 15.1 Å². The summed E-state index contributed by atoms with van der Waals surface area (Å²) in [5, 5.41) is 2.99. The van der Waals surface area contributed by atoms with Gasteiger partial charge in [-0.3, -0.25) is 0 Å². The van der Waals surface area contributed by atoms with Crippen LogP contribution < -0.4 is 5.32 Å². The molecule has 88 valence electrons. The molecule has 0 aromatic carbocycles. The quantitative estimate of drug-likeness (QED) is 0.763. The van der Waals surface area contributed by atoms with Gasteiger partial charge in [-0.05, 0) is 26.9 Å². The summed E-state index contributed by atoms with van der Waals surface area (Å²) in [5.41, 5.74) is 0.186. The van der Waals surface area contributed by atoms with Gasteiger partial charge in [0.1, 0.15) is 0 Å². The van der Waals surface area contributed by atoms with Crippen molar-refractivity contribution in [3.63, 3.8) is 0 Å². The molecule has 4 heteroatoms. The fraction of sp³-hybridized carbons (Fsp3) is 0.909. The maximum Gasteiger partial charge on any atom is 0.316 e. The number of hydrogen-bond acceptors (Lipinski definition) is 2. The van der Waals surface area contributed by atoms with Gasteiger partial charge in [-0.2, -0.15) is 0 Å². The molecule has 0 aromatic rings.